The van der Waals surface area contributed by atoms with E-state index in [2.05, 4.69) is 19.2 Å². The summed E-state index contributed by atoms with van der Waals surface area (Å²) in [7, 11) is 0. The molecule has 1 aliphatic rings. The molecule has 0 spiro atoms. The van der Waals surface area contributed by atoms with Gasteiger partial charge in [0.15, 0.2) is 0 Å². The molecule has 92 valence electrons. The number of benzene rings is 1. The highest BCUT2D eigenvalue weighted by atomic mass is 16.5. The summed E-state index contributed by atoms with van der Waals surface area (Å²) < 4.78 is 5.58. The summed E-state index contributed by atoms with van der Waals surface area (Å²) in [5.74, 6) is 0.162. The molecule has 1 N–H and O–H groups in total. The van der Waals surface area contributed by atoms with Crippen molar-refractivity contribution in [3.8, 4) is 0 Å². The Morgan fingerprint density at radius 3 is 2.71 bits per heavy atom. The first-order chi connectivity index (χ1) is 8.16. The molecule has 3 heteroatoms. The smallest absolute Gasteiger partial charge is 0.338 e. The standard InChI is InChI=1S/C14H19NO2/c1-10-9-15-11(2)8-13(10)17-14(16)12-6-4-3-5-7-12/h3-7,10-11,13,15H,8-9H2,1-2H3/t10-,11-,13+/m1/s1. The highest BCUT2D eigenvalue weighted by Crippen LogP contribution is 2.19. The molecule has 2 rings (SSSR count). The van der Waals surface area contributed by atoms with Gasteiger partial charge in [0.2, 0.25) is 0 Å². The Kier molecular flexibility index (Phi) is 3.79. The maximum Gasteiger partial charge on any atom is 0.338 e. The maximum absolute atomic E-state index is 11.9. The molecule has 1 heterocycles. The molecule has 0 unspecified atom stereocenters. The second-order valence-electron chi connectivity index (χ2n) is 4.83. The van der Waals surface area contributed by atoms with Gasteiger partial charge in [-0.2, -0.15) is 0 Å². The average Bonchev–Trinajstić information content (AvgIpc) is 2.35. The van der Waals surface area contributed by atoms with Crippen LogP contribution in [0.2, 0.25) is 0 Å². The molecule has 0 saturated carbocycles. The van der Waals surface area contributed by atoms with Crippen molar-refractivity contribution in [2.24, 2.45) is 5.92 Å². The highest BCUT2D eigenvalue weighted by molar-refractivity contribution is 5.89. The van der Waals surface area contributed by atoms with E-state index in [1.165, 1.54) is 0 Å². The van der Waals surface area contributed by atoms with E-state index in [1.54, 1.807) is 12.1 Å². The first kappa shape index (κ1) is 12.1. The Morgan fingerprint density at radius 2 is 2.00 bits per heavy atom. The Morgan fingerprint density at radius 1 is 1.29 bits per heavy atom. The van der Waals surface area contributed by atoms with Crippen LogP contribution in [-0.4, -0.2) is 24.7 Å². The fourth-order valence-corrected chi connectivity index (χ4v) is 2.13. The fourth-order valence-electron chi connectivity index (χ4n) is 2.13. The highest BCUT2D eigenvalue weighted by Gasteiger charge is 2.28. The van der Waals surface area contributed by atoms with Crippen molar-refractivity contribution in [1.29, 1.82) is 0 Å². The Bertz CT molecular complexity index is 377. The number of nitrogens with one attached hydrogen (secondary N) is 1. The second kappa shape index (κ2) is 5.32. The van der Waals surface area contributed by atoms with E-state index in [9.17, 15) is 4.79 Å². The monoisotopic (exact) mass is 233 g/mol. The first-order valence-electron chi connectivity index (χ1n) is 6.16. The summed E-state index contributed by atoms with van der Waals surface area (Å²) >= 11 is 0. The van der Waals surface area contributed by atoms with Crippen molar-refractivity contribution in [3.63, 3.8) is 0 Å². The topological polar surface area (TPSA) is 38.3 Å². The molecule has 3 atom stereocenters. The molecule has 1 fully saturated rings. The van der Waals surface area contributed by atoms with Crippen LogP contribution in [0.4, 0.5) is 0 Å². The summed E-state index contributed by atoms with van der Waals surface area (Å²) in [6, 6.07) is 9.59. The van der Waals surface area contributed by atoms with Crippen LogP contribution in [0.3, 0.4) is 0 Å². The van der Waals surface area contributed by atoms with E-state index < -0.39 is 0 Å². The third-order valence-electron chi connectivity index (χ3n) is 3.28. The third-order valence-corrected chi connectivity index (χ3v) is 3.28. The maximum atomic E-state index is 11.9. The SMILES string of the molecule is C[C@@H]1C[C@H](OC(=O)c2ccccc2)[C@H](C)CN1. The van der Waals surface area contributed by atoms with E-state index in [0.29, 0.717) is 17.5 Å². The average molecular weight is 233 g/mol. The molecule has 0 amide bonds. The summed E-state index contributed by atoms with van der Waals surface area (Å²) in [5, 5.41) is 3.38. The van der Waals surface area contributed by atoms with Crippen LogP contribution >= 0.6 is 0 Å². The molecule has 0 bridgehead atoms. The van der Waals surface area contributed by atoms with Gasteiger partial charge in [-0.1, -0.05) is 25.1 Å². The van der Waals surface area contributed by atoms with Crippen molar-refractivity contribution in [2.45, 2.75) is 32.4 Å². The number of rotatable bonds is 2. The van der Waals surface area contributed by atoms with Gasteiger partial charge in [0, 0.05) is 18.5 Å². The van der Waals surface area contributed by atoms with Gasteiger partial charge >= 0.3 is 5.97 Å². The predicted octanol–water partition coefficient (Wildman–Crippen LogP) is 2.23. The van der Waals surface area contributed by atoms with Crippen molar-refractivity contribution < 1.29 is 9.53 Å². The van der Waals surface area contributed by atoms with Gasteiger partial charge in [-0.05, 0) is 25.5 Å². The van der Waals surface area contributed by atoms with Gasteiger partial charge in [-0.25, -0.2) is 4.79 Å². The summed E-state index contributed by atoms with van der Waals surface area (Å²) in [6.45, 7) is 5.14. The van der Waals surface area contributed by atoms with Crippen LogP contribution in [0.25, 0.3) is 0 Å². The van der Waals surface area contributed by atoms with Crippen LogP contribution in [0, 0.1) is 5.92 Å². The molecule has 3 nitrogen and oxygen atoms in total. The van der Waals surface area contributed by atoms with E-state index in [1.807, 2.05) is 18.2 Å². The molecule has 0 radical (unpaired) electrons. The molecule has 1 aliphatic heterocycles. The van der Waals surface area contributed by atoms with Gasteiger partial charge in [-0.15, -0.1) is 0 Å². The Balaban J connectivity index is 1.98. The number of piperidine rings is 1. The van der Waals surface area contributed by atoms with Crippen molar-refractivity contribution in [2.75, 3.05) is 6.54 Å². The minimum absolute atomic E-state index is 0.0268. The molecule has 1 saturated heterocycles. The molecule has 1 aromatic rings. The summed E-state index contributed by atoms with van der Waals surface area (Å²) in [5.41, 5.74) is 0.630. The Hall–Kier alpha value is -1.35. The third kappa shape index (κ3) is 3.07. The lowest BCUT2D eigenvalue weighted by Gasteiger charge is -2.33. The minimum atomic E-state index is -0.212. The summed E-state index contributed by atoms with van der Waals surface area (Å²) in [6.07, 6.45) is 0.915. The summed E-state index contributed by atoms with van der Waals surface area (Å²) in [4.78, 5) is 11.9. The van der Waals surface area contributed by atoms with E-state index >= 15 is 0 Å². The molecule has 0 aromatic heterocycles. The van der Waals surface area contributed by atoms with E-state index in [-0.39, 0.29) is 12.1 Å². The Labute approximate surface area is 102 Å². The molecule has 1 aromatic carbocycles. The van der Waals surface area contributed by atoms with Crippen LogP contribution in [0.5, 0.6) is 0 Å². The number of carbonyl (C=O) groups is 1. The second-order valence-corrected chi connectivity index (χ2v) is 4.83. The van der Waals surface area contributed by atoms with Crippen molar-refractivity contribution in [1.82, 2.24) is 5.32 Å². The van der Waals surface area contributed by atoms with Gasteiger partial charge in [-0.3, -0.25) is 0 Å². The largest absolute Gasteiger partial charge is 0.458 e. The van der Waals surface area contributed by atoms with E-state index in [0.717, 1.165) is 13.0 Å². The zero-order valence-electron chi connectivity index (χ0n) is 10.3. The number of hydrogen-bond donors (Lipinski definition) is 1. The van der Waals surface area contributed by atoms with Gasteiger partial charge in [0.05, 0.1) is 5.56 Å². The van der Waals surface area contributed by atoms with Gasteiger partial charge < -0.3 is 10.1 Å². The lowest BCUT2D eigenvalue weighted by Crippen LogP contribution is -2.45. The zero-order chi connectivity index (χ0) is 12.3. The predicted molar refractivity (Wildman–Crippen MR) is 66.9 cm³/mol. The van der Waals surface area contributed by atoms with Crippen LogP contribution < -0.4 is 5.32 Å². The molecular weight excluding hydrogens is 214 g/mol. The van der Waals surface area contributed by atoms with Crippen LogP contribution in [0.1, 0.15) is 30.6 Å². The van der Waals surface area contributed by atoms with Crippen LogP contribution in [0.15, 0.2) is 30.3 Å². The zero-order valence-corrected chi connectivity index (χ0v) is 10.3. The van der Waals surface area contributed by atoms with E-state index in [4.69, 9.17) is 4.74 Å². The number of ether oxygens (including phenoxy) is 1. The fraction of sp³-hybridized carbons (Fsp3) is 0.500. The van der Waals surface area contributed by atoms with Gasteiger partial charge in [0.25, 0.3) is 0 Å². The number of esters is 1. The minimum Gasteiger partial charge on any atom is -0.458 e. The molecular formula is C14H19NO2. The van der Waals surface area contributed by atoms with Gasteiger partial charge in [0.1, 0.15) is 6.10 Å². The van der Waals surface area contributed by atoms with Crippen LogP contribution in [-0.2, 0) is 4.74 Å². The molecule has 17 heavy (non-hydrogen) atoms. The normalized spacial score (nSPS) is 28.7. The molecule has 0 aliphatic carbocycles. The quantitative estimate of drug-likeness (QED) is 0.796. The van der Waals surface area contributed by atoms with Crippen molar-refractivity contribution in [3.05, 3.63) is 35.9 Å². The number of hydrogen-bond acceptors (Lipinski definition) is 3. The lowest BCUT2D eigenvalue weighted by atomic mass is 9.93. The number of carbonyl (C=O) groups excluding carboxylic acids is 1. The first-order valence-corrected chi connectivity index (χ1v) is 6.16. The van der Waals surface area contributed by atoms with Crippen molar-refractivity contribution >= 4 is 5.97 Å². The lowest BCUT2D eigenvalue weighted by molar-refractivity contribution is 0.00287.